The first-order valence-electron chi connectivity index (χ1n) is 7.62. The van der Waals surface area contributed by atoms with Crippen LogP contribution in [0.5, 0.6) is 5.75 Å². The molecule has 0 amide bonds. The lowest BCUT2D eigenvalue weighted by Gasteiger charge is -2.06. The van der Waals surface area contributed by atoms with Crippen molar-refractivity contribution in [1.29, 1.82) is 0 Å². The standard InChI is InChI=1S/C10H12N2.C8H6Cl2O3/c11-6-5-8-7-12-10-4-2-1-3-9(8)10;9-5-1-6(10)3-7(2-5)13-4-8(11)12/h1-4,7,12H,5-6,11H2;1-3H,4H2,(H,11,12). The van der Waals surface area contributed by atoms with Crippen molar-refractivity contribution < 1.29 is 20.4 Å². The number of carboxylic acids is 1. The van der Waals surface area contributed by atoms with Crippen LogP contribution < -0.4 is 15.6 Å². The smallest absolute Gasteiger partial charge is 0.128 e. The molecule has 0 fully saturated rings. The van der Waals surface area contributed by atoms with Crippen molar-refractivity contribution in [1.82, 2.24) is 4.98 Å². The first-order chi connectivity index (χ1) is 12.0. The maximum absolute atomic E-state index is 10.0. The molecule has 0 saturated heterocycles. The highest BCUT2D eigenvalue weighted by Gasteiger charge is 2.01. The highest BCUT2D eigenvalue weighted by Crippen LogP contribution is 2.23. The third-order valence-electron chi connectivity index (χ3n) is 3.31. The first kappa shape index (κ1) is 19.1. The normalized spacial score (nSPS) is 10.2. The van der Waals surface area contributed by atoms with Crippen LogP contribution in [0.2, 0.25) is 10.0 Å². The van der Waals surface area contributed by atoms with Gasteiger partial charge in [0.05, 0.1) is 12.5 Å². The Hall–Kier alpha value is -2.21. The van der Waals surface area contributed by atoms with Crippen molar-refractivity contribution in [3.05, 3.63) is 64.3 Å². The molecule has 25 heavy (non-hydrogen) atoms. The molecule has 7 heteroatoms. The summed E-state index contributed by atoms with van der Waals surface area (Å²) >= 11 is 11.3. The van der Waals surface area contributed by atoms with E-state index in [1.54, 1.807) is 0 Å². The molecule has 0 unspecified atom stereocenters. The molecule has 1 aromatic heterocycles. The number of carboxylic acid groups (broad SMARTS) is 1. The number of quaternary nitrogens is 1. The van der Waals surface area contributed by atoms with Gasteiger partial charge >= 0.3 is 0 Å². The van der Waals surface area contributed by atoms with E-state index in [9.17, 15) is 9.90 Å². The maximum atomic E-state index is 10.0. The van der Waals surface area contributed by atoms with E-state index in [1.807, 2.05) is 6.07 Å². The Morgan fingerprint density at radius 3 is 2.48 bits per heavy atom. The number of para-hydroxylation sites is 1. The summed E-state index contributed by atoms with van der Waals surface area (Å²) < 4.78 is 4.80. The van der Waals surface area contributed by atoms with Gasteiger partial charge in [-0.3, -0.25) is 0 Å². The summed E-state index contributed by atoms with van der Waals surface area (Å²) in [7, 11) is 0. The number of rotatable bonds is 5. The number of nitrogens with one attached hydrogen (secondary N) is 1. The SMILES string of the molecule is O=C([O-])COc1cc(Cl)cc(Cl)c1.[NH3+]CCc1c[nH]c2ccccc12. The van der Waals surface area contributed by atoms with Crippen LogP contribution in [0.15, 0.2) is 48.7 Å². The summed E-state index contributed by atoms with van der Waals surface area (Å²) in [5, 5.41) is 12.2. The van der Waals surface area contributed by atoms with E-state index in [2.05, 4.69) is 35.1 Å². The number of aromatic nitrogens is 1. The van der Waals surface area contributed by atoms with Crippen LogP contribution in [-0.2, 0) is 11.2 Å². The lowest BCUT2D eigenvalue weighted by Crippen LogP contribution is -2.51. The predicted octanol–water partition coefficient (Wildman–Crippen LogP) is 2.07. The summed E-state index contributed by atoms with van der Waals surface area (Å²) in [6, 6.07) is 12.8. The Morgan fingerprint density at radius 2 is 1.84 bits per heavy atom. The highest BCUT2D eigenvalue weighted by molar-refractivity contribution is 6.34. The van der Waals surface area contributed by atoms with E-state index in [1.165, 1.54) is 34.7 Å². The molecule has 0 aliphatic heterocycles. The van der Waals surface area contributed by atoms with Crippen LogP contribution in [0.25, 0.3) is 10.9 Å². The monoisotopic (exact) mass is 380 g/mol. The maximum Gasteiger partial charge on any atom is 0.128 e. The van der Waals surface area contributed by atoms with Crippen LogP contribution >= 0.6 is 23.2 Å². The van der Waals surface area contributed by atoms with Gasteiger partial charge in [0.15, 0.2) is 0 Å². The second kappa shape index (κ2) is 9.32. The molecule has 0 aliphatic rings. The fraction of sp³-hybridized carbons (Fsp3) is 0.167. The molecule has 3 rings (SSSR count). The van der Waals surface area contributed by atoms with Gasteiger partial charge in [-0.05, 0) is 29.8 Å². The molecule has 2 aromatic carbocycles. The average Bonchev–Trinajstić information content (AvgIpc) is 2.97. The summed E-state index contributed by atoms with van der Waals surface area (Å²) in [5.74, 6) is -0.988. The van der Waals surface area contributed by atoms with Crippen LogP contribution in [0.1, 0.15) is 5.56 Å². The summed E-state index contributed by atoms with van der Waals surface area (Å²) in [5.41, 5.74) is 6.45. The number of benzene rings is 2. The average molecular weight is 381 g/mol. The van der Waals surface area contributed by atoms with Crippen molar-refractivity contribution in [2.45, 2.75) is 6.42 Å². The molecule has 3 aromatic rings. The minimum absolute atomic E-state index is 0.307. The van der Waals surface area contributed by atoms with Crippen molar-refractivity contribution in [2.75, 3.05) is 13.2 Å². The molecular formula is C18H18Cl2N2O3. The second-order valence-electron chi connectivity index (χ2n) is 5.23. The van der Waals surface area contributed by atoms with Gasteiger partial charge in [-0.2, -0.15) is 0 Å². The number of halogens is 2. The number of H-pyrrole nitrogens is 1. The van der Waals surface area contributed by atoms with Gasteiger partial charge in [0, 0.05) is 33.6 Å². The van der Waals surface area contributed by atoms with Crippen molar-refractivity contribution in [3.63, 3.8) is 0 Å². The van der Waals surface area contributed by atoms with Crippen LogP contribution in [-0.4, -0.2) is 24.1 Å². The quantitative estimate of drug-likeness (QED) is 0.709. The lowest BCUT2D eigenvalue weighted by molar-refractivity contribution is -0.366. The summed E-state index contributed by atoms with van der Waals surface area (Å²) in [6.45, 7) is 0.443. The summed E-state index contributed by atoms with van der Waals surface area (Å²) in [4.78, 5) is 13.3. The van der Waals surface area contributed by atoms with E-state index < -0.39 is 12.6 Å². The van der Waals surface area contributed by atoms with Crippen molar-refractivity contribution >= 4 is 40.1 Å². The van der Waals surface area contributed by atoms with E-state index >= 15 is 0 Å². The molecule has 0 atom stereocenters. The topological polar surface area (TPSA) is 92.8 Å². The molecule has 0 aliphatic carbocycles. The second-order valence-corrected chi connectivity index (χ2v) is 6.10. The van der Waals surface area contributed by atoms with Crippen LogP contribution in [0.4, 0.5) is 0 Å². The summed E-state index contributed by atoms with van der Waals surface area (Å²) in [6.07, 6.45) is 3.14. The molecule has 4 N–H and O–H groups in total. The Morgan fingerprint density at radius 1 is 1.16 bits per heavy atom. The van der Waals surface area contributed by atoms with Gasteiger partial charge in [-0.25, -0.2) is 0 Å². The van der Waals surface area contributed by atoms with Crippen LogP contribution in [0.3, 0.4) is 0 Å². The molecule has 132 valence electrons. The van der Waals surface area contributed by atoms with Gasteiger partial charge in [0.2, 0.25) is 0 Å². The number of aliphatic carboxylic acids is 1. The number of ether oxygens (including phenoxy) is 1. The molecule has 0 spiro atoms. The number of hydrogen-bond acceptors (Lipinski definition) is 3. The Bertz CT molecular complexity index is 829. The Kier molecular flexibility index (Phi) is 7.13. The third-order valence-corrected chi connectivity index (χ3v) is 3.75. The molecular weight excluding hydrogens is 363 g/mol. The zero-order chi connectivity index (χ0) is 18.2. The Balaban J connectivity index is 0.000000181. The van der Waals surface area contributed by atoms with E-state index in [4.69, 9.17) is 27.9 Å². The van der Waals surface area contributed by atoms with Gasteiger partial charge in [0.1, 0.15) is 12.4 Å². The van der Waals surface area contributed by atoms with Gasteiger partial charge < -0.3 is 25.4 Å². The fourth-order valence-corrected chi connectivity index (χ4v) is 2.79. The molecule has 0 saturated carbocycles. The van der Waals surface area contributed by atoms with Gasteiger partial charge in [-0.1, -0.05) is 41.4 Å². The zero-order valence-corrected chi connectivity index (χ0v) is 14.9. The molecule has 0 radical (unpaired) electrons. The lowest BCUT2D eigenvalue weighted by atomic mass is 10.1. The van der Waals surface area contributed by atoms with Gasteiger partial charge in [0.25, 0.3) is 0 Å². The minimum atomic E-state index is -1.30. The van der Waals surface area contributed by atoms with Crippen molar-refractivity contribution in [2.24, 2.45) is 0 Å². The van der Waals surface area contributed by atoms with Gasteiger partial charge in [-0.15, -0.1) is 0 Å². The molecule has 0 bridgehead atoms. The Labute approximate surface area is 155 Å². The third kappa shape index (κ3) is 5.98. The molecule has 5 nitrogen and oxygen atoms in total. The number of carbonyl (C=O) groups excluding carboxylic acids is 1. The first-order valence-corrected chi connectivity index (χ1v) is 8.38. The van der Waals surface area contributed by atoms with E-state index in [0.29, 0.717) is 15.8 Å². The fourth-order valence-electron chi connectivity index (χ4n) is 2.28. The minimum Gasteiger partial charge on any atom is -0.546 e. The zero-order valence-electron chi connectivity index (χ0n) is 13.4. The van der Waals surface area contributed by atoms with Crippen LogP contribution in [0, 0.1) is 0 Å². The number of aromatic amines is 1. The number of hydrogen-bond donors (Lipinski definition) is 2. The van der Waals surface area contributed by atoms with E-state index in [-0.39, 0.29) is 0 Å². The number of carbonyl (C=O) groups is 1. The van der Waals surface area contributed by atoms with Crippen molar-refractivity contribution in [3.8, 4) is 5.75 Å². The van der Waals surface area contributed by atoms with E-state index in [0.717, 1.165) is 13.0 Å². The largest absolute Gasteiger partial charge is 0.546 e. The highest BCUT2D eigenvalue weighted by atomic mass is 35.5. The molecule has 1 heterocycles. The number of fused-ring (bicyclic) bond motifs is 1. The predicted molar refractivity (Wildman–Crippen MR) is 96.7 cm³/mol.